The Kier molecular flexibility index (Phi) is 4.36. The molecule has 2 amide bonds. The third-order valence-corrected chi connectivity index (χ3v) is 3.03. The minimum atomic E-state index is 0.0700. The maximum Gasteiger partial charge on any atom is 0.317 e. The fourth-order valence-corrected chi connectivity index (χ4v) is 2.05. The first-order valence-electron chi connectivity index (χ1n) is 6.29. The van der Waals surface area contributed by atoms with Crippen LogP contribution in [0, 0.1) is 0 Å². The fraction of sp³-hybridized carbons (Fsp3) is 0.538. The fourth-order valence-electron chi connectivity index (χ4n) is 2.05. The normalized spacial score (nSPS) is 15.6. The molecule has 0 atom stereocenters. The first-order valence-corrected chi connectivity index (χ1v) is 6.29. The molecule has 0 aromatic carbocycles. The number of nitrogens with zero attached hydrogens (tertiary/aromatic N) is 2. The number of rotatable bonds is 3. The van der Waals surface area contributed by atoms with Crippen molar-refractivity contribution < 1.29 is 4.79 Å². The lowest BCUT2D eigenvalue weighted by Gasteiger charge is -2.26. The van der Waals surface area contributed by atoms with Gasteiger partial charge in [0.25, 0.3) is 0 Å². The summed E-state index contributed by atoms with van der Waals surface area (Å²) < 4.78 is 0. The van der Waals surface area contributed by atoms with Gasteiger partial charge >= 0.3 is 6.03 Å². The van der Waals surface area contributed by atoms with E-state index in [1.54, 1.807) is 6.20 Å². The van der Waals surface area contributed by atoms with Gasteiger partial charge in [-0.3, -0.25) is 4.98 Å². The molecule has 1 aliphatic heterocycles. The van der Waals surface area contributed by atoms with Crippen LogP contribution in [-0.2, 0) is 6.42 Å². The zero-order chi connectivity index (χ0) is 11.9. The Morgan fingerprint density at radius 3 is 2.82 bits per heavy atom. The van der Waals surface area contributed by atoms with Crippen LogP contribution < -0.4 is 5.32 Å². The van der Waals surface area contributed by atoms with Crippen molar-refractivity contribution in [3.8, 4) is 0 Å². The predicted octanol–water partition coefficient (Wildman–Crippen LogP) is 1.82. The largest absolute Gasteiger partial charge is 0.338 e. The van der Waals surface area contributed by atoms with Crippen LogP contribution in [0.5, 0.6) is 0 Å². The highest BCUT2D eigenvalue weighted by Gasteiger charge is 2.15. The molecule has 0 unspecified atom stereocenters. The molecular formula is C13H19N3O. The Morgan fingerprint density at radius 2 is 2.12 bits per heavy atom. The summed E-state index contributed by atoms with van der Waals surface area (Å²) in [5.41, 5.74) is 1.02. The van der Waals surface area contributed by atoms with E-state index in [1.165, 1.54) is 6.42 Å². The van der Waals surface area contributed by atoms with Crippen molar-refractivity contribution in [3.63, 3.8) is 0 Å². The van der Waals surface area contributed by atoms with Crippen molar-refractivity contribution in [2.75, 3.05) is 19.6 Å². The molecule has 0 saturated carbocycles. The summed E-state index contributed by atoms with van der Waals surface area (Å²) >= 11 is 0. The van der Waals surface area contributed by atoms with Gasteiger partial charge in [0.2, 0.25) is 0 Å². The van der Waals surface area contributed by atoms with Crippen molar-refractivity contribution >= 4 is 6.03 Å². The Hall–Kier alpha value is -1.58. The number of piperidine rings is 1. The molecule has 92 valence electrons. The maximum absolute atomic E-state index is 11.8. The van der Waals surface area contributed by atoms with E-state index in [0.29, 0.717) is 6.54 Å². The smallest absolute Gasteiger partial charge is 0.317 e. The number of amides is 2. The van der Waals surface area contributed by atoms with Gasteiger partial charge in [-0.15, -0.1) is 0 Å². The third kappa shape index (κ3) is 3.73. The van der Waals surface area contributed by atoms with Crippen LogP contribution >= 0.6 is 0 Å². The lowest BCUT2D eigenvalue weighted by atomic mass is 10.1. The predicted molar refractivity (Wildman–Crippen MR) is 66.8 cm³/mol. The molecule has 1 N–H and O–H groups in total. The summed E-state index contributed by atoms with van der Waals surface area (Å²) in [6.07, 6.45) is 6.08. The number of likely N-dealkylation sites (tertiary alicyclic amines) is 1. The monoisotopic (exact) mass is 233 g/mol. The van der Waals surface area contributed by atoms with E-state index in [4.69, 9.17) is 0 Å². The summed E-state index contributed by atoms with van der Waals surface area (Å²) in [5.74, 6) is 0. The molecule has 1 saturated heterocycles. The van der Waals surface area contributed by atoms with E-state index in [0.717, 1.165) is 38.0 Å². The molecule has 17 heavy (non-hydrogen) atoms. The van der Waals surface area contributed by atoms with Gasteiger partial charge in [0.15, 0.2) is 0 Å². The quantitative estimate of drug-likeness (QED) is 0.865. The third-order valence-electron chi connectivity index (χ3n) is 3.03. The molecule has 1 aliphatic rings. The minimum absolute atomic E-state index is 0.0700. The lowest BCUT2D eigenvalue weighted by Crippen LogP contribution is -2.43. The van der Waals surface area contributed by atoms with Gasteiger partial charge in [-0.2, -0.15) is 0 Å². The summed E-state index contributed by atoms with van der Waals surface area (Å²) in [6.45, 7) is 2.46. The van der Waals surface area contributed by atoms with Gasteiger partial charge in [-0.25, -0.2) is 4.79 Å². The van der Waals surface area contributed by atoms with Crippen LogP contribution in [0.2, 0.25) is 0 Å². The summed E-state index contributed by atoms with van der Waals surface area (Å²) in [7, 11) is 0. The Balaban J connectivity index is 1.69. The molecule has 1 aromatic heterocycles. The number of carbonyl (C=O) groups excluding carboxylic acids is 1. The number of hydrogen-bond donors (Lipinski definition) is 1. The summed E-state index contributed by atoms with van der Waals surface area (Å²) in [6, 6.07) is 5.91. The zero-order valence-electron chi connectivity index (χ0n) is 10.1. The van der Waals surface area contributed by atoms with Gasteiger partial charge in [0.05, 0.1) is 0 Å². The van der Waals surface area contributed by atoms with Crippen LogP contribution in [0.1, 0.15) is 25.0 Å². The maximum atomic E-state index is 11.8. The first-order chi connectivity index (χ1) is 8.36. The molecule has 0 aliphatic carbocycles. The number of urea groups is 1. The van der Waals surface area contributed by atoms with Crippen LogP contribution in [0.25, 0.3) is 0 Å². The average Bonchev–Trinajstić information content (AvgIpc) is 2.41. The molecule has 4 heteroatoms. The number of carbonyl (C=O) groups is 1. The Bertz CT molecular complexity index is 347. The number of hydrogen-bond acceptors (Lipinski definition) is 2. The van der Waals surface area contributed by atoms with Crippen LogP contribution in [0.3, 0.4) is 0 Å². The van der Waals surface area contributed by atoms with Crippen molar-refractivity contribution in [2.45, 2.75) is 25.7 Å². The Morgan fingerprint density at radius 1 is 1.29 bits per heavy atom. The zero-order valence-corrected chi connectivity index (χ0v) is 10.1. The molecule has 2 rings (SSSR count). The van der Waals surface area contributed by atoms with E-state index in [1.807, 2.05) is 23.1 Å². The average molecular weight is 233 g/mol. The van der Waals surface area contributed by atoms with Crippen molar-refractivity contribution in [2.24, 2.45) is 0 Å². The standard InChI is InChI=1S/C13H19N3O/c17-13(16-10-4-1-5-11-16)15-9-7-12-6-2-3-8-14-12/h2-3,6,8H,1,4-5,7,9-11H2,(H,15,17). The second-order valence-electron chi connectivity index (χ2n) is 4.35. The van der Waals surface area contributed by atoms with Gasteiger partial charge in [0, 0.05) is 37.9 Å². The molecule has 2 heterocycles. The van der Waals surface area contributed by atoms with Crippen LogP contribution in [0.4, 0.5) is 4.79 Å². The molecule has 0 bridgehead atoms. The topological polar surface area (TPSA) is 45.2 Å². The van der Waals surface area contributed by atoms with E-state index in [2.05, 4.69) is 10.3 Å². The molecule has 0 spiro atoms. The van der Waals surface area contributed by atoms with E-state index >= 15 is 0 Å². The van der Waals surface area contributed by atoms with E-state index < -0.39 is 0 Å². The summed E-state index contributed by atoms with van der Waals surface area (Å²) in [5, 5.41) is 2.95. The molecule has 1 aromatic rings. The van der Waals surface area contributed by atoms with E-state index in [-0.39, 0.29) is 6.03 Å². The van der Waals surface area contributed by atoms with Gasteiger partial charge in [-0.1, -0.05) is 6.07 Å². The van der Waals surface area contributed by atoms with Crippen LogP contribution in [-0.4, -0.2) is 35.5 Å². The lowest BCUT2D eigenvalue weighted by molar-refractivity contribution is 0.186. The number of aromatic nitrogens is 1. The molecule has 4 nitrogen and oxygen atoms in total. The SMILES string of the molecule is O=C(NCCc1ccccn1)N1CCCCC1. The highest BCUT2D eigenvalue weighted by Crippen LogP contribution is 2.08. The number of nitrogens with one attached hydrogen (secondary N) is 1. The minimum Gasteiger partial charge on any atom is -0.338 e. The van der Waals surface area contributed by atoms with Crippen LogP contribution in [0.15, 0.2) is 24.4 Å². The molecule has 0 radical (unpaired) electrons. The first kappa shape index (κ1) is 11.9. The summed E-state index contributed by atoms with van der Waals surface area (Å²) in [4.78, 5) is 17.9. The van der Waals surface area contributed by atoms with Crippen molar-refractivity contribution in [1.82, 2.24) is 15.2 Å². The van der Waals surface area contributed by atoms with Crippen molar-refractivity contribution in [1.29, 1.82) is 0 Å². The van der Waals surface area contributed by atoms with Gasteiger partial charge in [0.1, 0.15) is 0 Å². The number of pyridine rings is 1. The second-order valence-corrected chi connectivity index (χ2v) is 4.35. The molecule has 1 fully saturated rings. The second kappa shape index (κ2) is 6.23. The highest BCUT2D eigenvalue weighted by molar-refractivity contribution is 5.74. The highest BCUT2D eigenvalue weighted by atomic mass is 16.2. The molecular weight excluding hydrogens is 214 g/mol. The van der Waals surface area contributed by atoms with Crippen molar-refractivity contribution in [3.05, 3.63) is 30.1 Å². The van der Waals surface area contributed by atoms with E-state index in [9.17, 15) is 4.79 Å². The van der Waals surface area contributed by atoms with Gasteiger partial charge in [-0.05, 0) is 31.4 Å². The Labute approximate surface area is 102 Å². The van der Waals surface area contributed by atoms with Gasteiger partial charge < -0.3 is 10.2 Å².